The molecular weight excluding hydrogens is 240 g/mol. The Hall–Kier alpha value is -0.670. The third-order valence-electron chi connectivity index (χ3n) is 3.55. The van der Waals surface area contributed by atoms with Crippen molar-refractivity contribution in [1.82, 2.24) is 0 Å². The van der Waals surface area contributed by atoms with E-state index >= 15 is 0 Å². The lowest BCUT2D eigenvalue weighted by molar-refractivity contribution is 0.647. The molecule has 1 atom stereocenters. The molecule has 2 rings (SSSR count). The van der Waals surface area contributed by atoms with Crippen LogP contribution in [0.3, 0.4) is 0 Å². The van der Waals surface area contributed by atoms with Crippen LogP contribution in [0.4, 0.5) is 5.69 Å². The Kier molecular flexibility index (Phi) is 4.23. The maximum atomic E-state index is 6.05. The van der Waals surface area contributed by atoms with Crippen LogP contribution in [0.2, 0.25) is 0 Å². The summed E-state index contributed by atoms with van der Waals surface area (Å²) < 4.78 is 0.358. The van der Waals surface area contributed by atoms with Gasteiger partial charge in [0.05, 0.1) is 0 Å². The summed E-state index contributed by atoms with van der Waals surface area (Å²) in [5.74, 6) is 1.21. The third kappa shape index (κ3) is 3.21. The van der Waals surface area contributed by atoms with Gasteiger partial charge in [-0.3, -0.25) is 0 Å². The fraction of sp³-hybridized carbons (Fsp3) is 0.600. The highest BCUT2D eigenvalue weighted by molar-refractivity contribution is 8.00. The maximum absolute atomic E-state index is 6.05. The maximum Gasteiger partial charge on any atom is 0.0367 e. The second-order valence-electron chi connectivity index (χ2n) is 5.64. The van der Waals surface area contributed by atoms with Gasteiger partial charge < -0.3 is 10.6 Å². The van der Waals surface area contributed by atoms with Crippen molar-refractivity contribution < 1.29 is 0 Å². The number of nitrogens with zero attached hydrogens (tertiary/aromatic N) is 1. The largest absolute Gasteiger partial charge is 0.369 e. The molecule has 1 heterocycles. The quantitative estimate of drug-likeness (QED) is 0.907. The molecule has 0 aliphatic carbocycles. The van der Waals surface area contributed by atoms with Gasteiger partial charge in [0.2, 0.25) is 0 Å². The Labute approximate surface area is 115 Å². The monoisotopic (exact) mass is 264 g/mol. The molecule has 1 aliphatic heterocycles. The molecule has 1 aliphatic rings. The summed E-state index contributed by atoms with van der Waals surface area (Å²) in [6.45, 7) is 9.05. The van der Waals surface area contributed by atoms with Crippen molar-refractivity contribution in [2.75, 3.05) is 23.7 Å². The predicted octanol–water partition coefficient (Wildman–Crippen LogP) is 3.43. The molecule has 0 bridgehead atoms. The van der Waals surface area contributed by atoms with Crippen molar-refractivity contribution in [3.8, 4) is 0 Å². The highest BCUT2D eigenvalue weighted by Gasteiger charge is 2.27. The number of anilines is 1. The molecule has 0 saturated carbocycles. The zero-order valence-corrected chi connectivity index (χ0v) is 12.5. The van der Waals surface area contributed by atoms with Gasteiger partial charge in [-0.2, -0.15) is 11.8 Å². The topological polar surface area (TPSA) is 29.3 Å². The van der Waals surface area contributed by atoms with Crippen molar-refractivity contribution in [2.24, 2.45) is 5.73 Å². The molecule has 2 N–H and O–H groups in total. The Morgan fingerprint density at radius 3 is 2.56 bits per heavy atom. The molecule has 1 saturated heterocycles. The van der Waals surface area contributed by atoms with Crippen LogP contribution in [-0.2, 0) is 0 Å². The lowest BCUT2D eigenvalue weighted by Gasteiger charge is -2.39. The summed E-state index contributed by atoms with van der Waals surface area (Å²) in [5, 5.41) is 0. The Morgan fingerprint density at radius 1 is 1.33 bits per heavy atom. The van der Waals surface area contributed by atoms with Gasteiger partial charge in [0.15, 0.2) is 0 Å². The van der Waals surface area contributed by atoms with Crippen molar-refractivity contribution in [1.29, 1.82) is 0 Å². The van der Waals surface area contributed by atoms with Crippen molar-refractivity contribution in [2.45, 2.75) is 38.0 Å². The molecule has 3 heteroatoms. The minimum atomic E-state index is 0.174. The first-order chi connectivity index (χ1) is 8.52. The predicted molar refractivity (Wildman–Crippen MR) is 82.4 cm³/mol. The Morgan fingerprint density at radius 2 is 2.00 bits per heavy atom. The standard InChI is InChI=1S/C15H24N2S/c1-4-14(16)12-5-7-13(8-6-12)17-9-10-18-15(2,3)11-17/h5-8,14H,4,9-11,16H2,1-3H3. The number of rotatable bonds is 3. The summed E-state index contributed by atoms with van der Waals surface area (Å²) in [6, 6.07) is 8.97. The average molecular weight is 264 g/mol. The van der Waals surface area contributed by atoms with E-state index in [0.717, 1.165) is 19.5 Å². The fourth-order valence-electron chi connectivity index (χ4n) is 2.40. The van der Waals surface area contributed by atoms with Crippen LogP contribution >= 0.6 is 11.8 Å². The van der Waals surface area contributed by atoms with Crippen LogP contribution in [0.25, 0.3) is 0 Å². The molecular formula is C15H24N2S. The van der Waals surface area contributed by atoms with Crippen LogP contribution in [0, 0.1) is 0 Å². The molecule has 0 amide bonds. The van der Waals surface area contributed by atoms with Crippen LogP contribution in [0.15, 0.2) is 24.3 Å². The fourth-order valence-corrected chi connectivity index (χ4v) is 3.52. The second-order valence-corrected chi connectivity index (χ2v) is 7.44. The van der Waals surface area contributed by atoms with E-state index in [-0.39, 0.29) is 6.04 Å². The number of benzene rings is 1. The van der Waals surface area contributed by atoms with E-state index in [4.69, 9.17) is 5.73 Å². The van der Waals surface area contributed by atoms with Crippen LogP contribution in [0.1, 0.15) is 38.8 Å². The zero-order valence-electron chi connectivity index (χ0n) is 11.6. The summed E-state index contributed by atoms with van der Waals surface area (Å²) in [6.07, 6.45) is 0.993. The summed E-state index contributed by atoms with van der Waals surface area (Å²) in [7, 11) is 0. The highest BCUT2D eigenvalue weighted by atomic mass is 32.2. The summed E-state index contributed by atoms with van der Waals surface area (Å²) in [5.41, 5.74) is 8.62. The van der Waals surface area contributed by atoms with Gasteiger partial charge in [-0.1, -0.05) is 19.1 Å². The Balaban J connectivity index is 2.09. The van der Waals surface area contributed by atoms with E-state index in [9.17, 15) is 0 Å². The lowest BCUT2D eigenvalue weighted by Crippen LogP contribution is -2.43. The van der Waals surface area contributed by atoms with Crippen LogP contribution in [-0.4, -0.2) is 23.6 Å². The van der Waals surface area contributed by atoms with E-state index in [0.29, 0.717) is 4.75 Å². The molecule has 2 nitrogen and oxygen atoms in total. The molecule has 100 valence electrons. The minimum absolute atomic E-state index is 0.174. The first-order valence-electron chi connectivity index (χ1n) is 6.76. The first kappa shape index (κ1) is 13.8. The van der Waals surface area contributed by atoms with E-state index in [1.165, 1.54) is 17.0 Å². The summed E-state index contributed by atoms with van der Waals surface area (Å²) >= 11 is 2.07. The van der Waals surface area contributed by atoms with Crippen LogP contribution < -0.4 is 10.6 Å². The number of nitrogens with two attached hydrogens (primary N) is 1. The number of hydrogen-bond donors (Lipinski definition) is 1. The molecule has 0 spiro atoms. The van der Waals surface area contributed by atoms with Crippen molar-refractivity contribution in [3.05, 3.63) is 29.8 Å². The van der Waals surface area contributed by atoms with Crippen molar-refractivity contribution >= 4 is 17.4 Å². The zero-order chi connectivity index (χ0) is 13.2. The SMILES string of the molecule is CCC(N)c1ccc(N2CCSC(C)(C)C2)cc1. The van der Waals surface area contributed by atoms with E-state index < -0.39 is 0 Å². The number of thioether (sulfide) groups is 1. The highest BCUT2D eigenvalue weighted by Crippen LogP contribution is 2.32. The molecule has 0 radical (unpaired) electrons. The third-order valence-corrected chi connectivity index (χ3v) is 4.85. The van der Waals surface area contributed by atoms with Crippen LogP contribution in [0.5, 0.6) is 0 Å². The molecule has 1 aromatic rings. The van der Waals surface area contributed by atoms with Gasteiger partial charge >= 0.3 is 0 Å². The Bertz CT molecular complexity index is 386. The van der Waals surface area contributed by atoms with Gasteiger partial charge in [0, 0.05) is 35.3 Å². The van der Waals surface area contributed by atoms with E-state index in [1.54, 1.807) is 0 Å². The van der Waals surface area contributed by atoms with Gasteiger partial charge in [0.1, 0.15) is 0 Å². The van der Waals surface area contributed by atoms with E-state index in [2.05, 4.69) is 61.7 Å². The molecule has 0 aromatic heterocycles. The molecule has 18 heavy (non-hydrogen) atoms. The van der Waals surface area contributed by atoms with Gasteiger partial charge in [-0.05, 0) is 38.0 Å². The van der Waals surface area contributed by atoms with Gasteiger partial charge in [-0.15, -0.1) is 0 Å². The average Bonchev–Trinajstić information content (AvgIpc) is 2.37. The van der Waals surface area contributed by atoms with E-state index in [1.807, 2.05) is 0 Å². The molecule has 1 aromatic carbocycles. The normalized spacial score (nSPS) is 20.8. The van der Waals surface area contributed by atoms with Gasteiger partial charge in [-0.25, -0.2) is 0 Å². The molecule has 1 unspecified atom stereocenters. The smallest absolute Gasteiger partial charge is 0.0367 e. The lowest BCUT2D eigenvalue weighted by atomic mass is 10.0. The summed E-state index contributed by atoms with van der Waals surface area (Å²) in [4.78, 5) is 2.48. The number of hydrogen-bond acceptors (Lipinski definition) is 3. The van der Waals surface area contributed by atoms with Gasteiger partial charge in [0.25, 0.3) is 0 Å². The molecule has 1 fully saturated rings. The second kappa shape index (κ2) is 5.54. The minimum Gasteiger partial charge on any atom is -0.369 e. The van der Waals surface area contributed by atoms with Crippen molar-refractivity contribution in [3.63, 3.8) is 0 Å². The first-order valence-corrected chi connectivity index (χ1v) is 7.75.